The molecule has 1 aromatic carbocycles. The van der Waals surface area contributed by atoms with Gasteiger partial charge in [0.2, 0.25) is 5.95 Å². The fourth-order valence-electron chi connectivity index (χ4n) is 5.13. The van der Waals surface area contributed by atoms with Gasteiger partial charge >= 0.3 is 12.1 Å². The Labute approximate surface area is 225 Å². The minimum atomic E-state index is -4.61. The molecule has 13 heteroatoms. The van der Waals surface area contributed by atoms with Crippen molar-refractivity contribution in [3.8, 4) is 21.6 Å². The number of carbonyl (C=O) groups is 1. The number of thiazole rings is 1. The number of aromatic nitrogens is 5. The number of aromatic amines is 1. The van der Waals surface area contributed by atoms with Crippen molar-refractivity contribution in [2.24, 2.45) is 11.3 Å². The van der Waals surface area contributed by atoms with E-state index in [4.69, 9.17) is 0 Å². The summed E-state index contributed by atoms with van der Waals surface area (Å²) in [5.74, 6) is -1.64. The van der Waals surface area contributed by atoms with E-state index in [9.17, 15) is 28.2 Å². The molecule has 5 rings (SSSR count). The first kappa shape index (κ1) is 26.8. The summed E-state index contributed by atoms with van der Waals surface area (Å²) in [6.45, 7) is 3.68. The molecule has 2 atom stereocenters. The molecule has 0 amide bonds. The van der Waals surface area contributed by atoms with E-state index < -0.39 is 34.8 Å². The van der Waals surface area contributed by atoms with Gasteiger partial charge < -0.3 is 15.5 Å². The van der Waals surface area contributed by atoms with Gasteiger partial charge in [-0.15, -0.1) is 11.3 Å². The molecule has 0 radical (unpaired) electrons. The topological polar surface area (TPSA) is 137 Å². The number of aliphatic hydroxyl groups is 1. The third-order valence-electron chi connectivity index (χ3n) is 6.99. The van der Waals surface area contributed by atoms with Gasteiger partial charge in [0, 0.05) is 29.8 Å². The first-order chi connectivity index (χ1) is 18.3. The molecule has 204 valence electrons. The second-order valence-electron chi connectivity index (χ2n) is 10.3. The van der Waals surface area contributed by atoms with Crippen molar-refractivity contribution in [3.63, 3.8) is 0 Å². The Hall–Kier alpha value is -3.84. The Balaban J connectivity index is 1.49. The first-order valence-electron chi connectivity index (χ1n) is 12.1. The molecule has 1 aliphatic rings. The molecule has 1 saturated carbocycles. The molecular weight excluding hydrogens is 533 g/mol. The highest BCUT2D eigenvalue weighted by Crippen LogP contribution is 2.51. The van der Waals surface area contributed by atoms with Gasteiger partial charge in [0.25, 0.3) is 0 Å². The van der Waals surface area contributed by atoms with Crippen molar-refractivity contribution < 1.29 is 28.2 Å². The molecule has 4 N–H and O–H groups in total. The maximum absolute atomic E-state index is 13.2. The summed E-state index contributed by atoms with van der Waals surface area (Å²) in [7, 11) is 0. The van der Waals surface area contributed by atoms with Crippen LogP contribution in [0, 0.1) is 11.3 Å². The van der Waals surface area contributed by atoms with E-state index in [1.807, 2.05) is 19.9 Å². The number of benzene rings is 1. The molecule has 0 saturated heterocycles. The van der Waals surface area contributed by atoms with Gasteiger partial charge in [-0.05, 0) is 60.1 Å². The van der Waals surface area contributed by atoms with E-state index in [2.05, 4.69) is 30.5 Å². The number of carboxylic acids is 1. The third kappa shape index (κ3) is 5.50. The highest BCUT2D eigenvalue weighted by atomic mass is 32.1. The Morgan fingerprint density at radius 3 is 2.59 bits per heavy atom. The lowest BCUT2D eigenvalue weighted by Gasteiger charge is -2.44. The van der Waals surface area contributed by atoms with Gasteiger partial charge in [0.15, 0.2) is 0 Å². The van der Waals surface area contributed by atoms with Crippen LogP contribution in [-0.4, -0.2) is 41.3 Å². The van der Waals surface area contributed by atoms with Gasteiger partial charge in [-0.2, -0.15) is 18.3 Å². The molecule has 0 aliphatic heterocycles. The van der Waals surface area contributed by atoms with E-state index in [1.165, 1.54) is 11.3 Å². The monoisotopic (exact) mass is 558 g/mol. The Kier molecular flexibility index (Phi) is 6.67. The van der Waals surface area contributed by atoms with Gasteiger partial charge in [0.05, 0.1) is 17.0 Å². The standard InChI is InChI=1S/C26H25F3N6O3S/c1-24(2)13-25(38,5-3-18(24)21(36)37)22-31-12-19(39-22)15-7-14(16-10-32-33-11-16)8-17(9-15)34-23-30-6-4-20(35-23)26(27,28)29/h4,6-12,18,38H,3,5,13H2,1-2H3,(H,32,33)(H,36,37)(H,30,34,35). The van der Waals surface area contributed by atoms with Crippen LogP contribution in [-0.2, 0) is 16.6 Å². The smallest absolute Gasteiger partial charge is 0.433 e. The summed E-state index contributed by atoms with van der Waals surface area (Å²) in [4.78, 5) is 24.4. The maximum atomic E-state index is 13.2. The average Bonchev–Trinajstić information content (AvgIpc) is 3.56. The molecule has 0 spiro atoms. The second-order valence-corrected chi connectivity index (χ2v) is 11.4. The van der Waals surface area contributed by atoms with Crippen LogP contribution in [0.15, 0.2) is 49.1 Å². The molecule has 3 aromatic heterocycles. The Bertz CT molecular complexity index is 1500. The average molecular weight is 559 g/mol. The van der Waals surface area contributed by atoms with Crippen molar-refractivity contribution >= 4 is 28.9 Å². The van der Waals surface area contributed by atoms with E-state index in [0.29, 0.717) is 22.7 Å². The van der Waals surface area contributed by atoms with Gasteiger partial charge in [-0.1, -0.05) is 13.8 Å². The fourth-order valence-corrected chi connectivity index (χ4v) is 6.14. The Morgan fingerprint density at radius 2 is 1.92 bits per heavy atom. The molecule has 9 nitrogen and oxygen atoms in total. The molecule has 0 bridgehead atoms. The predicted octanol–water partition coefficient (Wildman–Crippen LogP) is 5.85. The molecule has 1 fully saturated rings. The number of rotatable bonds is 6. The van der Waals surface area contributed by atoms with Crippen molar-refractivity contribution in [1.29, 1.82) is 0 Å². The molecule has 3 heterocycles. The number of aliphatic carboxylic acids is 1. The van der Waals surface area contributed by atoms with Crippen LogP contribution in [0.4, 0.5) is 24.8 Å². The number of nitrogens with zero attached hydrogens (tertiary/aromatic N) is 4. The van der Waals surface area contributed by atoms with Crippen LogP contribution in [0.3, 0.4) is 0 Å². The largest absolute Gasteiger partial charge is 0.481 e. The molecule has 39 heavy (non-hydrogen) atoms. The number of alkyl halides is 3. The van der Waals surface area contributed by atoms with Crippen LogP contribution in [0.5, 0.6) is 0 Å². The summed E-state index contributed by atoms with van der Waals surface area (Å²) in [6.07, 6.45) is 2.22. The van der Waals surface area contributed by atoms with E-state index in [-0.39, 0.29) is 18.8 Å². The molecular formula is C26H25F3N6O3S. The maximum Gasteiger partial charge on any atom is 0.433 e. The zero-order chi connectivity index (χ0) is 28.0. The predicted molar refractivity (Wildman–Crippen MR) is 138 cm³/mol. The van der Waals surface area contributed by atoms with Crippen molar-refractivity contribution in [2.75, 3.05) is 5.32 Å². The van der Waals surface area contributed by atoms with Crippen LogP contribution < -0.4 is 5.32 Å². The highest BCUT2D eigenvalue weighted by molar-refractivity contribution is 7.15. The number of nitrogens with one attached hydrogen (secondary N) is 2. The van der Waals surface area contributed by atoms with Crippen LogP contribution in [0.1, 0.15) is 43.8 Å². The van der Waals surface area contributed by atoms with Crippen molar-refractivity contribution in [1.82, 2.24) is 25.1 Å². The summed E-state index contributed by atoms with van der Waals surface area (Å²) in [5, 5.41) is 31.2. The number of anilines is 2. The lowest BCUT2D eigenvalue weighted by Crippen LogP contribution is -2.44. The third-order valence-corrected chi connectivity index (χ3v) is 8.23. The highest BCUT2D eigenvalue weighted by Gasteiger charge is 2.49. The number of carboxylic acid groups (broad SMARTS) is 1. The summed E-state index contributed by atoms with van der Waals surface area (Å²) in [5.41, 5.74) is -0.336. The summed E-state index contributed by atoms with van der Waals surface area (Å²) < 4.78 is 39.5. The molecule has 4 aromatic rings. The lowest BCUT2D eigenvalue weighted by molar-refractivity contribution is -0.154. The minimum absolute atomic E-state index is 0.211. The van der Waals surface area contributed by atoms with E-state index in [1.54, 1.807) is 30.7 Å². The van der Waals surface area contributed by atoms with Gasteiger partial charge in [-0.25, -0.2) is 15.0 Å². The zero-order valence-electron chi connectivity index (χ0n) is 21.0. The van der Waals surface area contributed by atoms with Gasteiger partial charge in [-0.3, -0.25) is 9.89 Å². The number of hydrogen-bond acceptors (Lipinski definition) is 8. The van der Waals surface area contributed by atoms with Crippen LogP contribution in [0.2, 0.25) is 0 Å². The summed E-state index contributed by atoms with van der Waals surface area (Å²) in [6, 6.07) is 6.16. The lowest BCUT2D eigenvalue weighted by atomic mass is 9.63. The Morgan fingerprint density at radius 1 is 1.15 bits per heavy atom. The fraction of sp³-hybridized carbons (Fsp3) is 0.346. The van der Waals surface area contributed by atoms with Gasteiger partial charge in [0.1, 0.15) is 16.3 Å². The first-order valence-corrected chi connectivity index (χ1v) is 12.9. The summed E-state index contributed by atoms with van der Waals surface area (Å²) >= 11 is 1.29. The number of hydrogen-bond donors (Lipinski definition) is 4. The minimum Gasteiger partial charge on any atom is -0.481 e. The van der Waals surface area contributed by atoms with E-state index in [0.717, 1.165) is 28.3 Å². The van der Waals surface area contributed by atoms with Crippen LogP contribution >= 0.6 is 11.3 Å². The number of H-pyrrole nitrogens is 1. The second kappa shape index (κ2) is 9.72. The van der Waals surface area contributed by atoms with Crippen LogP contribution in [0.25, 0.3) is 21.6 Å². The van der Waals surface area contributed by atoms with Crippen molar-refractivity contribution in [3.05, 3.63) is 59.8 Å². The SMILES string of the molecule is CC1(C)CC(O)(c2ncc(-c3cc(Nc4nccc(C(F)(F)F)n4)cc(-c4cn[nH]c4)c3)s2)CCC1C(=O)O. The van der Waals surface area contributed by atoms with E-state index >= 15 is 0 Å². The quantitative estimate of drug-likeness (QED) is 0.231. The molecule has 1 aliphatic carbocycles. The number of halogens is 3. The zero-order valence-corrected chi connectivity index (χ0v) is 21.8. The molecule has 2 unspecified atom stereocenters. The normalized spacial score (nSPS) is 21.0. The van der Waals surface area contributed by atoms with Crippen molar-refractivity contribution in [2.45, 2.75) is 44.9 Å².